The summed E-state index contributed by atoms with van der Waals surface area (Å²) in [4.78, 5) is 12.7. The molecule has 0 spiro atoms. The smallest absolute Gasteiger partial charge is 0.434 e. The van der Waals surface area contributed by atoms with Gasteiger partial charge in [-0.2, -0.15) is 41.3 Å². The molecule has 0 aliphatic rings. The zero-order chi connectivity index (χ0) is 20.9. The summed E-state index contributed by atoms with van der Waals surface area (Å²) >= 11 is 0. The van der Waals surface area contributed by atoms with Crippen molar-refractivity contribution in [2.24, 2.45) is 0 Å². The van der Waals surface area contributed by atoms with E-state index in [2.05, 4.69) is 25.0 Å². The van der Waals surface area contributed by atoms with Crippen molar-refractivity contribution in [2.75, 3.05) is 23.3 Å². The summed E-state index contributed by atoms with van der Waals surface area (Å²) in [7, 11) is 0. The van der Waals surface area contributed by atoms with Crippen LogP contribution in [0.15, 0.2) is 30.3 Å². The van der Waals surface area contributed by atoms with Crippen LogP contribution in [0.4, 0.5) is 43.9 Å². The number of benzene rings is 1. The lowest BCUT2D eigenvalue weighted by Crippen LogP contribution is -2.47. The van der Waals surface area contributed by atoms with Gasteiger partial charge in [-0.3, -0.25) is 0 Å². The van der Waals surface area contributed by atoms with Gasteiger partial charge in [0.15, 0.2) is 0 Å². The van der Waals surface area contributed by atoms with Crippen molar-refractivity contribution < 1.29 is 31.1 Å². The molecule has 0 amide bonds. The predicted octanol–water partition coefficient (Wildman–Crippen LogP) is 4.33. The van der Waals surface area contributed by atoms with Crippen molar-refractivity contribution in [2.45, 2.75) is 32.3 Å². The van der Waals surface area contributed by atoms with E-state index in [-0.39, 0.29) is 18.4 Å². The number of nitrogens with one attached hydrogen (secondary N) is 1. The summed E-state index contributed by atoms with van der Waals surface area (Å²) in [5.41, 5.74) is 0.591. The van der Waals surface area contributed by atoms with E-state index in [4.69, 9.17) is 0 Å². The molecule has 0 bridgehead atoms. The molecule has 0 aliphatic heterocycles. The second kappa shape index (κ2) is 8.48. The molecule has 1 N–H and O–H groups in total. The van der Waals surface area contributed by atoms with Gasteiger partial charge in [-0.05, 0) is 26.0 Å². The van der Waals surface area contributed by atoms with Crippen LogP contribution in [0, 0.1) is 0 Å². The first-order chi connectivity index (χ1) is 13.1. The van der Waals surface area contributed by atoms with Crippen LogP contribution < -0.4 is 15.0 Å². The normalized spacial score (nSPS) is 12.2. The second-order valence-corrected chi connectivity index (χ2v) is 5.43. The van der Waals surface area contributed by atoms with Gasteiger partial charge in [0.2, 0.25) is 11.9 Å². The highest BCUT2D eigenvalue weighted by Gasteiger charge is 2.59. The fraction of sp³-hybridized carbons (Fsp3) is 0.438. The number of nitrogens with zero attached hydrogens (tertiary/aromatic N) is 4. The van der Waals surface area contributed by atoms with Gasteiger partial charge in [0.05, 0.1) is 0 Å². The van der Waals surface area contributed by atoms with Gasteiger partial charge in [-0.15, -0.1) is 0 Å². The predicted molar refractivity (Wildman–Crippen MR) is 89.6 cm³/mol. The van der Waals surface area contributed by atoms with Gasteiger partial charge in [-0.1, -0.05) is 18.2 Å². The fourth-order valence-corrected chi connectivity index (χ4v) is 2.23. The quantitative estimate of drug-likeness (QED) is 0.687. The van der Waals surface area contributed by atoms with Crippen LogP contribution in [0.5, 0.6) is 6.01 Å². The van der Waals surface area contributed by atoms with Gasteiger partial charge >= 0.3 is 18.4 Å². The number of aromatic nitrogens is 3. The van der Waals surface area contributed by atoms with Crippen LogP contribution >= 0.6 is 0 Å². The summed E-state index contributed by atoms with van der Waals surface area (Å²) in [6, 6.07) is 7.47. The van der Waals surface area contributed by atoms with E-state index in [0.717, 1.165) is 0 Å². The Morgan fingerprint density at radius 1 is 0.964 bits per heavy atom. The van der Waals surface area contributed by atoms with Crippen LogP contribution in [-0.4, -0.2) is 46.5 Å². The molecule has 0 saturated heterocycles. The molecule has 0 aliphatic carbocycles. The van der Waals surface area contributed by atoms with Gasteiger partial charge in [-0.25, -0.2) is 0 Å². The topological polar surface area (TPSA) is 63.2 Å². The minimum Gasteiger partial charge on any atom is -0.440 e. The number of hydrogen-bond donors (Lipinski definition) is 1. The highest BCUT2D eigenvalue weighted by atomic mass is 19.4. The third-order valence-corrected chi connectivity index (χ3v) is 3.38. The molecule has 1 heterocycles. The van der Waals surface area contributed by atoms with E-state index in [9.17, 15) is 26.3 Å². The van der Waals surface area contributed by atoms with Gasteiger partial charge < -0.3 is 15.0 Å². The van der Waals surface area contributed by atoms with E-state index < -0.39 is 24.5 Å². The van der Waals surface area contributed by atoms with E-state index in [1.54, 1.807) is 44.2 Å². The molecule has 6 nitrogen and oxygen atoms in total. The first-order valence-corrected chi connectivity index (χ1v) is 8.18. The first-order valence-electron chi connectivity index (χ1n) is 8.18. The summed E-state index contributed by atoms with van der Waals surface area (Å²) in [5, 5.41) is 2.64. The summed E-state index contributed by atoms with van der Waals surface area (Å²) < 4.78 is 80.9. The monoisotopic (exact) mass is 409 g/mol. The van der Waals surface area contributed by atoms with Gasteiger partial charge in [0, 0.05) is 18.8 Å². The molecule has 0 radical (unpaired) electrons. The molecule has 0 fully saturated rings. The Kier molecular flexibility index (Phi) is 6.52. The minimum atomic E-state index is -5.69. The number of ether oxygens (including phenoxy) is 1. The van der Waals surface area contributed by atoms with E-state index in [1.807, 2.05) is 0 Å². The Morgan fingerprint density at radius 2 is 1.57 bits per heavy atom. The molecular formula is C16H17F6N5O. The van der Waals surface area contributed by atoms with Crippen LogP contribution in [0.1, 0.15) is 13.8 Å². The molecule has 0 atom stereocenters. The molecule has 154 valence electrons. The Labute approximate surface area is 156 Å². The third kappa shape index (κ3) is 5.36. The standard InChI is InChI=1S/C16H17F6N5O/c1-3-23-12-24-13(27(4-2)10-8-6-5-7-9-10)26-14(25-12)28-11(15(17,18)19)16(20,21)22/h5-9,11H,3-4H2,1-2H3,(H,23,24,25,26). The second-order valence-electron chi connectivity index (χ2n) is 5.43. The van der Waals surface area contributed by atoms with Crippen LogP contribution in [0.25, 0.3) is 0 Å². The van der Waals surface area contributed by atoms with Gasteiger partial charge in [0.1, 0.15) is 0 Å². The number of hydrogen-bond acceptors (Lipinski definition) is 6. The maximum Gasteiger partial charge on any atom is 0.434 e. The van der Waals surface area contributed by atoms with Crippen LogP contribution in [0.3, 0.4) is 0 Å². The third-order valence-electron chi connectivity index (χ3n) is 3.38. The summed E-state index contributed by atoms with van der Waals surface area (Å²) in [5.74, 6) is -0.363. The Balaban J connectivity index is 2.48. The molecule has 1 aromatic heterocycles. The van der Waals surface area contributed by atoms with Crippen molar-refractivity contribution in [3.8, 4) is 6.01 Å². The van der Waals surface area contributed by atoms with Crippen LogP contribution in [0.2, 0.25) is 0 Å². The molecule has 2 rings (SSSR count). The van der Waals surface area contributed by atoms with Crippen molar-refractivity contribution in [1.82, 2.24) is 15.0 Å². The molecule has 0 unspecified atom stereocenters. The number of alkyl halides is 6. The average molecular weight is 409 g/mol. The summed E-state index contributed by atoms with van der Waals surface area (Å²) in [6.45, 7) is 3.95. The number of halogens is 6. The molecule has 2 aromatic rings. The Bertz CT molecular complexity index is 754. The van der Waals surface area contributed by atoms with Crippen molar-refractivity contribution in [3.63, 3.8) is 0 Å². The minimum absolute atomic E-state index is 0.155. The Morgan fingerprint density at radius 3 is 2.07 bits per heavy atom. The highest BCUT2D eigenvalue weighted by Crippen LogP contribution is 2.36. The maximum atomic E-state index is 12.8. The molecule has 1 aromatic carbocycles. The number of para-hydroxylation sites is 1. The van der Waals surface area contributed by atoms with E-state index in [1.165, 1.54) is 4.90 Å². The lowest BCUT2D eigenvalue weighted by molar-refractivity contribution is -0.301. The zero-order valence-electron chi connectivity index (χ0n) is 14.8. The van der Waals surface area contributed by atoms with Crippen molar-refractivity contribution in [3.05, 3.63) is 30.3 Å². The average Bonchev–Trinajstić information content (AvgIpc) is 2.60. The van der Waals surface area contributed by atoms with Crippen molar-refractivity contribution in [1.29, 1.82) is 0 Å². The number of anilines is 3. The molecule has 0 saturated carbocycles. The molecule has 28 heavy (non-hydrogen) atoms. The lowest BCUT2D eigenvalue weighted by Gasteiger charge is -2.24. The lowest BCUT2D eigenvalue weighted by atomic mass is 10.3. The maximum absolute atomic E-state index is 12.8. The van der Waals surface area contributed by atoms with Gasteiger partial charge in [0.25, 0.3) is 6.10 Å². The SMILES string of the molecule is CCNc1nc(OC(C(F)(F)F)C(F)(F)F)nc(N(CC)c2ccccc2)n1. The fourth-order valence-electron chi connectivity index (χ4n) is 2.23. The van der Waals surface area contributed by atoms with Crippen molar-refractivity contribution >= 4 is 17.6 Å². The first kappa shape index (κ1) is 21.5. The van der Waals surface area contributed by atoms with E-state index >= 15 is 0 Å². The number of rotatable bonds is 7. The largest absolute Gasteiger partial charge is 0.440 e. The Hall–Kier alpha value is -2.79. The van der Waals surface area contributed by atoms with Crippen LogP contribution in [-0.2, 0) is 0 Å². The molecule has 12 heteroatoms. The highest BCUT2D eigenvalue weighted by molar-refractivity contribution is 5.57. The zero-order valence-corrected chi connectivity index (χ0v) is 14.8. The molecular weight excluding hydrogens is 392 g/mol. The van der Waals surface area contributed by atoms with E-state index in [0.29, 0.717) is 12.2 Å². The summed E-state index contributed by atoms with van der Waals surface area (Å²) in [6.07, 6.45) is -15.4.